The Kier molecular flexibility index (Phi) is 5.51. The molecule has 1 N–H and O–H groups in total. The van der Waals surface area contributed by atoms with Crippen molar-refractivity contribution in [3.05, 3.63) is 18.0 Å². The molecule has 0 spiro atoms. The quantitative estimate of drug-likeness (QED) is 0.817. The Hall–Kier alpha value is -2.38. The van der Waals surface area contributed by atoms with Crippen molar-refractivity contribution >= 4 is 18.0 Å². The van der Waals surface area contributed by atoms with Crippen molar-refractivity contribution in [2.45, 2.75) is 19.8 Å². The first kappa shape index (κ1) is 16.0. The highest BCUT2D eigenvalue weighted by atomic mass is 16.6. The van der Waals surface area contributed by atoms with Gasteiger partial charge in [0, 0.05) is 32.4 Å². The second kappa shape index (κ2) is 7.58. The molecule has 1 aromatic heterocycles. The predicted molar refractivity (Wildman–Crippen MR) is 79.0 cm³/mol. The van der Waals surface area contributed by atoms with E-state index in [1.54, 1.807) is 4.90 Å². The van der Waals surface area contributed by atoms with Crippen LogP contribution < -0.4 is 4.90 Å². The summed E-state index contributed by atoms with van der Waals surface area (Å²) in [6.07, 6.45) is 2.98. The Labute approximate surface area is 128 Å². The molecular weight excluding hydrogens is 288 g/mol. The van der Waals surface area contributed by atoms with Gasteiger partial charge < -0.3 is 19.6 Å². The molecule has 0 atom stereocenters. The maximum absolute atomic E-state index is 11.8. The van der Waals surface area contributed by atoms with E-state index in [4.69, 9.17) is 9.84 Å². The van der Waals surface area contributed by atoms with Gasteiger partial charge in [-0.2, -0.15) is 0 Å². The predicted octanol–water partition coefficient (Wildman–Crippen LogP) is 1.23. The largest absolute Gasteiger partial charge is 0.477 e. The second-order valence-electron chi connectivity index (χ2n) is 4.99. The summed E-state index contributed by atoms with van der Waals surface area (Å²) in [4.78, 5) is 34.4. The van der Waals surface area contributed by atoms with Gasteiger partial charge in [0.05, 0.1) is 6.61 Å². The molecule has 1 aromatic rings. The van der Waals surface area contributed by atoms with E-state index < -0.39 is 5.97 Å². The van der Waals surface area contributed by atoms with Crippen LogP contribution in [0.15, 0.2) is 12.3 Å². The van der Waals surface area contributed by atoms with E-state index in [1.165, 1.54) is 12.3 Å². The number of hydrogen-bond donors (Lipinski definition) is 1. The standard InChI is InChI=1S/C14H20N4O4/c1-2-3-10-22-14(21)18-8-6-17(7-9-18)13-15-5-4-11(16-13)12(19)20/h4-5H,2-3,6-10H2,1H3,(H,19,20). The van der Waals surface area contributed by atoms with Crippen LogP contribution in [0.3, 0.4) is 0 Å². The van der Waals surface area contributed by atoms with E-state index in [0.29, 0.717) is 38.7 Å². The van der Waals surface area contributed by atoms with Gasteiger partial charge in [0.2, 0.25) is 5.95 Å². The van der Waals surface area contributed by atoms with Gasteiger partial charge in [-0.25, -0.2) is 19.6 Å². The lowest BCUT2D eigenvalue weighted by atomic mass is 10.3. The van der Waals surface area contributed by atoms with Crippen molar-refractivity contribution < 1.29 is 19.4 Å². The number of aromatic carboxylic acids is 1. The molecule has 2 rings (SSSR count). The van der Waals surface area contributed by atoms with Crippen LogP contribution in [0, 0.1) is 0 Å². The number of carbonyl (C=O) groups is 2. The highest BCUT2D eigenvalue weighted by Crippen LogP contribution is 2.12. The zero-order valence-corrected chi connectivity index (χ0v) is 12.6. The van der Waals surface area contributed by atoms with Gasteiger partial charge in [-0.1, -0.05) is 13.3 Å². The minimum Gasteiger partial charge on any atom is -0.477 e. The number of ether oxygens (including phenoxy) is 1. The summed E-state index contributed by atoms with van der Waals surface area (Å²) in [7, 11) is 0. The Balaban J connectivity index is 1.88. The Morgan fingerprint density at radius 1 is 1.32 bits per heavy atom. The third-order valence-corrected chi connectivity index (χ3v) is 3.41. The number of carboxylic acid groups (broad SMARTS) is 1. The Morgan fingerprint density at radius 3 is 2.68 bits per heavy atom. The first-order valence-electron chi connectivity index (χ1n) is 7.34. The molecule has 0 aliphatic carbocycles. The molecule has 1 saturated heterocycles. The van der Waals surface area contributed by atoms with Crippen molar-refractivity contribution in [3.8, 4) is 0 Å². The summed E-state index contributed by atoms with van der Waals surface area (Å²) in [6, 6.07) is 1.35. The smallest absolute Gasteiger partial charge is 0.409 e. The first-order valence-corrected chi connectivity index (χ1v) is 7.34. The van der Waals surface area contributed by atoms with Crippen LogP contribution in [0.4, 0.5) is 10.7 Å². The monoisotopic (exact) mass is 308 g/mol. The number of rotatable bonds is 5. The average Bonchev–Trinajstić information content (AvgIpc) is 2.55. The van der Waals surface area contributed by atoms with Crippen molar-refractivity contribution in [1.82, 2.24) is 14.9 Å². The van der Waals surface area contributed by atoms with E-state index in [1.807, 2.05) is 11.8 Å². The van der Waals surface area contributed by atoms with Crippen LogP contribution in [0.25, 0.3) is 0 Å². The van der Waals surface area contributed by atoms with Crippen LogP contribution in [-0.4, -0.2) is 64.8 Å². The lowest BCUT2D eigenvalue weighted by Crippen LogP contribution is -2.49. The fourth-order valence-electron chi connectivity index (χ4n) is 2.10. The van der Waals surface area contributed by atoms with Gasteiger partial charge in [-0.3, -0.25) is 0 Å². The number of carboxylic acids is 1. The number of amides is 1. The summed E-state index contributed by atoms with van der Waals surface area (Å²) in [6.45, 7) is 4.59. The molecule has 0 saturated carbocycles. The van der Waals surface area contributed by atoms with Crippen molar-refractivity contribution in [2.75, 3.05) is 37.7 Å². The number of anilines is 1. The summed E-state index contributed by atoms with van der Waals surface area (Å²) in [5.41, 5.74) is -0.0357. The third-order valence-electron chi connectivity index (χ3n) is 3.41. The molecule has 2 heterocycles. The van der Waals surface area contributed by atoms with E-state index >= 15 is 0 Å². The Bertz CT molecular complexity index is 529. The van der Waals surface area contributed by atoms with Gasteiger partial charge in [-0.05, 0) is 12.5 Å². The highest BCUT2D eigenvalue weighted by molar-refractivity contribution is 5.85. The van der Waals surface area contributed by atoms with E-state index in [9.17, 15) is 9.59 Å². The molecule has 1 fully saturated rings. The van der Waals surface area contributed by atoms with Crippen molar-refractivity contribution in [1.29, 1.82) is 0 Å². The molecule has 0 unspecified atom stereocenters. The minimum absolute atomic E-state index is 0.0357. The van der Waals surface area contributed by atoms with Gasteiger partial charge in [0.25, 0.3) is 0 Å². The number of nitrogens with zero attached hydrogens (tertiary/aromatic N) is 4. The van der Waals surface area contributed by atoms with Crippen molar-refractivity contribution in [3.63, 3.8) is 0 Å². The summed E-state index contributed by atoms with van der Waals surface area (Å²) < 4.78 is 5.17. The van der Waals surface area contributed by atoms with Gasteiger partial charge in [0.1, 0.15) is 0 Å². The number of unbranched alkanes of at least 4 members (excludes halogenated alkanes) is 1. The zero-order valence-electron chi connectivity index (χ0n) is 12.6. The molecule has 1 amide bonds. The normalized spacial score (nSPS) is 14.8. The van der Waals surface area contributed by atoms with E-state index in [2.05, 4.69) is 9.97 Å². The first-order chi connectivity index (χ1) is 10.6. The van der Waals surface area contributed by atoms with Gasteiger partial charge >= 0.3 is 12.1 Å². The van der Waals surface area contributed by atoms with Crippen molar-refractivity contribution in [2.24, 2.45) is 0 Å². The lowest BCUT2D eigenvalue weighted by molar-refractivity contribution is 0.0690. The second-order valence-corrected chi connectivity index (χ2v) is 4.99. The molecule has 1 aliphatic heterocycles. The van der Waals surface area contributed by atoms with Crippen LogP contribution in [0.5, 0.6) is 0 Å². The molecule has 8 nitrogen and oxygen atoms in total. The number of aromatic nitrogens is 2. The van der Waals surface area contributed by atoms with Crippen LogP contribution in [0.2, 0.25) is 0 Å². The minimum atomic E-state index is -1.08. The summed E-state index contributed by atoms with van der Waals surface area (Å²) in [5.74, 6) is -0.708. The molecule has 0 bridgehead atoms. The molecular formula is C14H20N4O4. The highest BCUT2D eigenvalue weighted by Gasteiger charge is 2.23. The summed E-state index contributed by atoms with van der Waals surface area (Å²) in [5, 5.41) is 8.95. The zero-order chi connectivity index (χ0) is 15.9. The maximum Gasteiger partial charge on any atom is 0.409 e. The topological polar surface area (TPSA) is 95.9 Å². The summed E-state index contributed by atoms with van der Waals surface area (Å²) >= 11 is 0. The fourth-order valence-corrected chi connectivity index (χ4v) is 2.10. The number of piperazine rings is 1. The van der Waals surface area contributed by atoms with Crippen LogP contribution in [-0.2, 0) is 4.74 Å². The lowest BCUT2D eigenvalue weighted by Gasteiger charge is -2.34. The Morgan fingerprint density at radius 2 is 2.05 bits per heavy atom. The van der Waals surface area contributed by atoms with E-state index in [-0.39, 0.29) is 11.8 Å². The third kappa shape index (κ3) is 4.06. The average molecular weight is 308 g/mol. The van der Waals surface area contributed by atoms with Crippen LogP contribution in [0.1, 0.15) is 30.3 Å². The van der Waals surface area contributed by atoms with Gasteiger partial charge in [0.15, 0.2) is 5.69 Å². The maximum atomic E-state index is 11.8. The molecule has 8 heteroatoms. The molecule has 0 radical (unpaired) electrons. The molecule has 1 aliphatic rings. The molecule has 0 aromatic carbocycles. The van der Waals surface area contributed by atoms with Gasteiger partial charge in [-0.15, -0.1) is 0 Å². The van der Waals surface area contributed by atoms with E-state index in [0.717, 1.165) is 12.8 Å². The number of carbonyl (C=O) groups excluding carboxylic acids is 1. The SMILES string of the molecule is CCCCOC(=O)N1CCN(c2nccc(C(=O)O)n2)CC1. The molecule has 22 heavy (non-hydrogen) atoms. The number of hydrogen-bond acceptors (Lipinski definition) is 6. The van der Waals surface area contributed by atoms with Crippen LogP contribution >= 0.6 is 0 Å². The fraction of sp³-hybridized carbons (Fsp3) is 0.571. The molecule has 120 valence electrons.